The molecule has 1 aromatic heterocycles. The molecular formula is C15H16N4O2S2. The van der Waals surface area contributed by atoms with Gasteiger partial charge in [0.25, 0.3) is 0 Å². The standard InChI is InChI=1S/C15H16N4O2S2/c1-2-21-13-6-4-12(5-7-13)19(9-3-8-16)14(20)10-22-15-18-17-11-23-15/h4-7,11H,2-3,9-10H2,1H3. The molecule has 2 rings (SSSR count). The Kier molecular flexibility index (Phi) is 6.84. The maximum Gasteiger partial charge on any atom is 0.237 e. The van der Waals surface area contributed by atoms with Crippen LogP contribution in [0.3, 0.4) is 0 Å². The van der Waals surface area contributed by atoms with Crippen LogP contribution in [0.15, 0.2) is 34.1 Å². The third-order valence-electron chi connectivity index (χ3n) is 2.87. The third kappa shape index (κ3) is 5.23. The molecule has 0 aliphatic carbocycles. The van der Waals surface area contributed by atoms with Gasteiger partial charge in [-0.3, -0.25) is 4.79 Å². The number of rotatable bonds is 8. The van der Waals surface area contributed by atoms with E-state index in [1.54, 1.807) is 10.4 Å². The van der Waals surface area contributed by atoms with Gasteiger partial charge in [-0.05, 0) is 31.2 Å². The van der Waals surface area contributed by atoms with Gasteiger partial charge in [0.1, 0.15) is 11.3 Å². The molecule has 0 unspecified atom stereocenters. The van der Waals surface area contributed by atoms with Gasteiger partial charge >= 0.3 is 0 Å². The van der Waals surface area contributed by atoms with E-state index in [4.69, 9.17) is 10.00 Å². The van der Waals surface area contributed by atoms with Gasteiger partial charge in [0, 0.05) is 12.2 Å². The smallest absolute Gasteiger partial charge is 0.237 e. The molecule has 0 N–H and O–H groups in total. The molecule has 8 heteroatoms. The molecule has 0 spiro atoms. The molecule has 0 bridgehead atoms. The van der Waals surface area contributed by atoms with E-state index in [2.05, 4.69) is 16.3 Å². The lowest BCUT2D eigenvalue weighted by Gasteiger charge is -2.21. The zero-order chi connectivity index (χ0) is 16.5. The average molecular weight is 348 g/mol. The SMILES string of the molecule is CCOc1ccc(N(CCC#N)C(=O)CSc2nncs2)cc1. The summed E-state index contributed by atoms with van der Waals surface area (Å²) in [6, 6.07) is 9.38. The number of carbonyl (C=O) groups excluding carboxylic acids is 1. The van der Waals surface area contributed by atoms with E-state index in [9.17, 15) is 4.79 Å². The van der Waals surface area contributed by atoms with E-state index < -0.39 is 0 Å². The number of amides is 1. The van der Waals surface area contributed by atoms with Crippen molar-refractivity contribution in [2.75, 3.05) is 23.8 Å². The van der Waals surface area contributed by atoms with Gasteiger partial charge in [-0.1, -0.05) is 23.1 Å². The van der Waals surface area contributed by atoms with Crippen LogP contribution in [0.25, 0.3) is 0 Å². The largest absolute Gasteiger partial charge is 0.494 e. The van der Waals surface area contributed by atoms with E-state index in [-0.39, 0.29) is 18.1 Å². The monoisotopic (exact) mass is 348 g/mol. The van der Waals surface area contributed by atoms with Crippen LogP contribution in [0.2, 0.25) is 0 Å². The summed E-state index contributed by atoms with van der Waals surface area (Å²) < 4.78 is 6.16. The van der Waals surface area contributed by atoms with Crippen molar-refractivity contribution in [1.82, 2.24) is 10.2 Å². The molecular weight excluding hydrogens is 332 g/mol. The zero-order valence-corrected chi connectivity index (χ0v) is 14.3. The van der Waals surface area contributed by atoms with Gasteiger partial charge in [0.2, 0.25) is 5.91 Å². The van der Waals surface area contributed by atoms with Crippen LogP contribution < -0.4 is 9.64 Å². The summed E-state index contributed by atoms with van der Waals surface area (Å²) in [4.78, 5) is 14.1. The molecule has 23 heavy (non-hydrogen) atoms. The Balaban J connectivity index is 2.05. The fourth-order valence-electron chi connectivity index (χ4n) is 1.88. The second kappa shape index (κ2) is 9.12. The number of hydrogen-bond acceptors (Lipinski definition) is 7. The van der Waals surface area contributed by atoms with Crippen LogP contribution in [0.5, 0.6) is 5.75 Å². The molecule has 1 heterocycles. The van der Waals surface area contributed by atoms with Crippen LogP contribution in [-0.2, 0) is 4.79 Å². The van der Waals surface area contributed by atoms with E-state index in [1.807, 2.05) is 31.2 Å². The predicted molar refractivity (Wildman–Crippen MR) is 90.8 cm³/mol. The van der Waals surface area contributed by atoms with Crippen molar-refractivity contribution in [3.05, 3.63) is 29.8 Å². The highest BCUT2D eigenvalue weighted by molar-refractivity contribution is 8.01. The number of anilines is 1. The zero-order valence-electron chi connectivity index (χ0n) is 12.6. The molecule has 0 atom stereocenters. The highest BCUT2D eigenvalue weighted by atomic mass is 32.2. The van der Waals surface area contributed by atoms with Crippen molar-refractivity contribution in [2.45, 2.75) is 17.7 Å². The van der Waals surface area contributed by atoms with Gasteiger partial charge < -0.3 is 9.64 Å². The average Bonchev–Trinajstić information content (AvgIpc) is 3.08. The molecule has 1 aromatic carbocycles. The van der Waals surface area contributed by atoms with Crippen molar-refractivity contribution in [3.63, 3.8) is 0 Å². The lowest BCUT2D eigenvalue weighted by molar-refractivity contribution is -0.116. The Labute approximate surface area is 143 Å². The van der Waals surface area contributed by atoms with Gasteiger partial charge in [-0.15, -0.1) is 10.2 Å². The minimum Gasteiger partial charge on any atom is -0.494 e. The summed E-state index contributed by atoms with van der Waals surface area (Å²) in [7, 11) is 0. The summed E-state index contributed by atoms with van der Waals surface area (Å²) in [6.45, 7) is 2.87. The molecule has 0 aliphatic rings. The summed E-state index contributed by atoms with van der Waals surface area (Å²) in [5, 5.41) is 16.5. The molecule has 0 radical (unpaired) electrons. The fraction of sp³-hybridized carbons (Fsp3) is 0.333. The van der Waals surface area contributed by atoms with Crippen LogP contribution in [-0.4, -0.2) is 35.0 Å². The van der Waals surface area contributed by atoms with Gasteiger partial charge in [-0.2, -0.15) is 5.26 Å². The maximum absolute atomic E-state index is 12.5. The molecule has 6 nitrogen and oxygen atoms in total. The Morgan fingerprint density at radius 2 is 2.22 bits per heavy atom. The highest BCUT2D eigenvalue weighted by Crippen LogP contribution is 2.23. The number of carbonyl (C=O) groups is 1. The second-order valence-electron chi connectivity index (χ2n) is 4.37. The van der Waals surface area contributed by atoms with Crippen molar-refractivity contribution in [3.8, 4) is 11.8 Å². The van der Waals surface area contributed by atoms with Gasteiger partial charge in [0.05, 0.1) is 24.8 Å². The fourth-order valence-corrected chi connectivity index (χ4v) is 3.24. The highest BCUT2D eigenvalue weighted by Gasteiger charge is 2.16. The minimum absolute atomic E-state index is 0.0652. The first-order valence-electron chi connectivity index (χ1n) is 7.03. The van der Waals surface area contributed by atoms with Crippen molar-refractivity contribution in [2.24, 2.45) is 0 Å². The van der Waals surface area contributed by atoms with E-state index >= 15 is 0 Å². The Bertz CT molecular complexity index is 653. The topological polar surface area (TPSA) is 79.1 Å². The van der Waals surface area contributed by atoms with Crippen molar-refractivity contribution < 1.29 is 9.53 Å². The van der Waals surface area contributed by atoms with Gasteiger partial charge in [-0.25, -0.2) is 0 Å². The lowest BCUT2D eigenvalue weighted by atomic mass is 10.2. The first kappa shape index (κ1) is 17.2. The number of hydrogen-bond donors (Lipinski definition) is 0. The number of nitriles is 1. The molecule has 0 saturated carbocycles. The van der Waals surface area contributed by atoms with Crippen molar-refractivity contribution >= 4 is 34.7 Å². The third-order valence-corrected chi connectivity index (χ3v) is 4.71. The van der Waals surface area contributed by atoms with Crippen LogP contribution in [0.4, 0.5) is 5.69 Å². The summed E-state index contributed by atoms with van der Waals surface area (Å²) >= 11 is 2.75. The van der Waals surface area contributed by atoms with E-state index in [0.717, 1.165) is 15.8 Å². The van der Waals surface area contributed by atoms with Gasteiger partial charge in [0.15, 0.2) is 4.34 Å². The Hall–Kier alpha value is -2.11. The first-order chi connectivity index (χ1) is 11.2. The summed E-state index contributed by atoms with van der Waals surface area (Å²) in [5.41, 5.74) is 2.39. The van der Waals surface area contributed by atoms with Crippen LogP contribution in [0.1, 0.15) is 13.3 Å². The molecule has 0 fully saturated rings. The minimum atomic E-state index is -0.0652. The number of thioether (sulfide) groups is 1. The first-order valence-corrected chi connectivity index (χ1v) is 8.90. The molecule has 0 aliphatic heterocycles. The summed E-state index contributed by atoms with van der Waals surface area (Å²) in [6.07, 6.45) is 0.280. The Morgan fingerprint density at radius 3 is 2.83 bits per heavy atom. The molecule has 0 saturated heterocycles. The van der Waals surface area contributed by atoms with Crippen LogP contribution >= 0.6 is 23.1 Å². The predicted octanol–water partition coefficient (Wildman–Crippen LogP) is 2.98. The normalized spacial score (nSPS) is 10.1. The lowest BCUT2D eigenvalue weighted by Crippen LogP contribution is -2.33. The maximum atomic E-state index is 12.5. The van der Waals surface area contributed by atoms with Crippen LogP contribution in [0, 0.1) is 11.3 Å². The van der Waals surface area contributed by atoms with E-state index in [1.165, 1.54) is 23.1 Å². The van der Waals surface area contributed by atoms with Crippen molar-refractivity contribution in [1.29, 1.82) is 5.26 Å². The van der Waals surface area contributed by atoms with E-state index in [0.29, 0.717) is 13.2 Å². The Morgan fingerprint density at radius 1 is 1.43 bits per heavy atom. The quantitative estimate of drug-likeness (QED) is 0.682. The molecule has 1 amide bonds. The second-order valence-corrected chi connectivity index (χ2v) is 6.43. The summed E-state index contributed by atoms with van der Waals surface area (Å²) in [5.74, 6) is 0.949. The number of nitrogens with zero attached hydrogens (tertiary/aromatic N) is 4. The molecule has 2 aromatic rings. The number of benzene rings is 1. The number of aromatic nitrogens is 2. The molecule has 120 valence electrons. The number of ether oxygens (including phenoxy) is 1.